The maximum atomic E-state index is 13.6. The van der Waals surface area contributed by atoms with E-state index in [0.29, 0.717) is 34.7 Å². The number of ketones is 1. The Morgan fingerprint density at radius 1 is 1.15 bits per heavy atom. The number of Topliss-reactive ketones (excluding diaryl/α,β-unsaturated/α-hetero) is 1. The van der Waals surface area contributed by atoms with Crippen molar-refractivity contribution >= 4 is 23.3 Å². The predicted octanol–water partition coefficient (Wildman–Crippen LogP) is 5.86. The Bertz CT molecular complexity index is 1550. The molecule has 2 aromatic carbocycles. The van der Waals surface area contributed by atoms with E-state index in [9.17, 15) is 22.8 Å². The standard InChI is InChI=1S/C29H27ClF3N5O2/c1-16-24(25(17-8-10-18(30)11-9-17)26-21(35-16)12-28(2,3)13-23(26)39)27(40)34-14-19-15-38(37-36-19)22-7-5-4-6-20(22)29(31,32)33/h4-11,15,25,35H,12-14H2,1-3H3,(H,34,40). The average molecular weight is 570 g/mol. The summed E-state index contributed by atoms with van der Waals surface area (Å²) in [7, 11) is 0. The SMILES string of the molecule is CC1=C(C(=O)NCc2cn(-c3ccccc3C(F)(F)F)nn2)C(c2ccc(Cl)cc2)C2=C(CC(C)(C)CC2=O)N1. The van der Waals surface area contributed by atoms with Gasteiger partial charge in [-0.1, -0.05) is 54.9 Å². The number of hydrogen-bond donors (Lipinski definition) is 2. The minimum atomic E-state index is -4.56. The van der Waals surface area contributed by atoms with Crippen LogP contribution in [0.5, 0.6) is 0 Å². The molecule has 0 saturated heterocycles. The van der Waals surface area contributed by atoms with E-state index >= 15 is 0 Å². The lowest BCUT2D eigenvalue weighted by molar-refractivity contribution is -0.137. The lowest BCUT2D eigenvalue weighted by Crippen LogP contribution is -2.40. The molecular weight excluding hydrogens is 543 g/mol. The maximum Gasteiger partial charge on any atom is 0.418 e. The molecule has 7 nitrogen and oxygen atoms in total. The molecule has 11 heteroatoms. The van der Waals surface area contributed by atoms with Gasteiger partial charge >= 0.3 is 6.18 Å². The topological polar surface area (TPSA) is 88.9 Å². The minimum absolute atomic E-state index is 0.0252. The summed E-state index contributed by atoms with van der Waals surface area (Å²) in [6.07, 6.45) is -2.21. The molecule has 1 atom stereocenters. The van der Waals surface area contributed by atoms with E-state index in [2.05, 4.69) is 20.9 Å². The molecule has 2 heterocycles. The van der Waals surface area contributed by atoms with E-state index in [1.54, 1.807) is 31.2 Å². The van der Waals surface area contributed by atoms with Crippen molar-refractivity contribution in [2.75, 3.05) is 0 Å². The Hall–Kier alpha value is -3.92. The van der Waals surface area contributed by atoms with Crippen molar-refractivity contribution in [3.63, 3.8) is 0 Å². The molecule has 5 rings (SSSR count). The summed E-state index contributed by atoms with van der Waals surface area (Å²) >= 11 is 6.12. The Morgan fingerprint density at radius 3 is 2.55 bits per heavy atom. The van der Waals surface area contributed by atoms with Gasteiger partial charge in [-0.2, -0.15) is 13.2 Å². The van der Waals surface area contributed by atoms with Crippen LogP contribution in [-0.2, 0) is 22.3 Å². The van der Waals surface area contributed by atoms with Crippen LogP contribution in [0.3, 0.4) is 0 Å². The van der Waals surface area contributed by atoms with Gasteiger partial charge in [-0.05, 0) is 48.6 Å². The van der Waals surface area contributed by atoms with E-state index in [-0.39, 0.29) is 29.1 Å². The number of rotatable bonds is 5. The van der Waals surface area contributed by atoms with E-state index in [0.717, 1.165) is 22.0 Å². The lowest BCUT2D eigenvalue weighted by Gasteiger charge is -2.39. The van der Waals surface area contributed by atoms with E-state index in [1.807, 2.05) is 13.8 Å². The van der Waals surface area contributed by atoms with Crippen LogP contribution in [0.4, 0.5) is 13.2 Å². The smallest absolute Gasteiger partial charge is 0.362 e. The number of nitrogens with zero attached hydrogens (tertiary/aromatic N) is 3. The zero-order chi connectivity index (χ0) is 28.8. The molecule has 208 valence electrons. The highest BCUT2D eigenvalue weighted by molar-refractivity contribution is 6.30. The van der Waals surface area contributed by atoms with Gasteiger partial charge in [0, 0.05) is 39.9 Å². The molecule has 0 spiro atoms. The molecule has 1 aromatic heterocycles. The molecular formula is C29H27ClF3N5O2. The molecule has 1 aliphatic carbocycles. The van der Waals surface area contributed by atoms with Gasteiger partial charge in [0.15, 0.2) is 5.78 Å². The number of nitrogens with one attached hydrogen (secondary N) is 2. The first-order valence-corrected chi connectivity index (χ1v) is 13.1. The predicted molar refractivity (Wildman–Crippen MR) is 143 cm³/mol. The number of carbonyl (C=O) groups is 2. The van der Waals surface area contributed by atoms with Gasteiger partial charge in [0.25, 0.3) is 0 Å². The van der Waals surface area contributed by atoms with Crippen molar-refractivity contribution in [3.8, 4) is 5.69 Å². The van der Waals surface area contributed by atoms with E-state index in [1.165, 1.54) is 24.4 Å². The second-order valence-corrected chi connectivity index (χ2v) is 11.3. The highest BCUT2D eigenvalue weighted by Gasteiger charge is 2.42. The largest absolute Gasteiger partial charge is 0.418 e. The monoisotopic (exact) mass is 569 g/mol. The number of alkyl halides is 3. The first-order valence-electron chi connectivity index (χ1n) is 12.7. The molecule has 1 unspecified atom stereocenters. The second-order valence-electron chi connectivity index (χ2n) is 10.8. The lowest BCUT2D eigenvalue weighted by atomic mass is 9.68. The van der Waals surface area contributed by atoms with Crippen molar-refractivity contribution < 1.29 is 22.8 Å². The van der Waals surface area contributed by atoms with Crippen molar-refractivity contribution in [3.05, 3.63) is 99.1 Å². The number of carbonyl (C=O) groups excluding carboxylic acids is 2. The van der Waals surface area contributed by atoms with Crippen LogP contribution in [-0.4, -0.2) is 26.7 Å². The normalized spacial score (nSPS) is 18.9. The number of benzene rings is 2. The Morgan fingerprint density at radius 2 is 1.85 bits per heavy atom. The van der Waals surface area contributed by atoms with Crippen LogP contribution < -0.4 is 10.6 Å². The van der Waals surface area contributed by atoms with E-state index < -0.39 is 23.6 Å². The second kappa shape index (κ2) is 10.2. The van der Waals surface area contributed by atoms with E-state index in [4.69, 9.17) is 11.6 Å². The van der Waals surface area contributed by atoms with Crippen LogP contribution in [0.15, 0.2) is 77.3 Å². The third-order valence-electron chi connectivity index (χ3n) is 7.11. The number of dihydropyridines is 1. The van der Waals surface area contributed by atoms with Gasteiger partial charge in [0.1, 0.15) is 5.69 Å². The average Bonchev–Trinajstić information content (AvgIpc) is 3.35. The Kier molecular flexibility index (Phi) is 7.08. The number of para-hydroxylation sites is 1. The first kappa shape index (κ1) is 27.6. The quantitative estimate of drug-likeness (QED) is 0.402. The van der Waals surface area contributed by atoms with Crippen LogP contribution in [0.1, 0.15) is 56.4 Å². The van der Waals surface area contributed by atoms with Gasteiger partial charge in [-0.15, -0.1) is 5.10 Å². The molecule has 2 N–H and O–H groups in total. The van der Waals surface area contributed by atoms with Crippen LogP contribution in [0.25, 0.3) is 5.69 Å². The number of hydrogen-bond acceptors (Lipinski definition) is 5. The van der Waals surface area contributed by atoms with Crippen molar-refractivity contribution in [2.24, 2.45) is 5.41 Å². The van der Waals surface area contributed by atoms with Gasteiger partial charge in [0.05, 0.1) is 24.0 Å². The van der Waals surface area contributed by atoms with Crippen molar-refractivity contribution in [1.29, 1.82) is 0 Å². The van der Waals surface area contributed by atoms with Crippen LogP contribution in [0, 0.1) is 5.41 Å². The Balaban J connectivity index is 1.43. The molecule has 3 aromatic rings. The number of allylic oxidation sites excluding steroid dienone is 3. The zero-order valence-corrected chi connectivity index (χ0v) is 22.8. The number of halogens is 4. The number of amides is 1. The number of aromatic nitrogens is 3. The third-order valence-corrected chi connectivity index (χ3v) is 7.37. The summed E-state index contributed by atoms with van der Waals surface area (Å²) in [5.74, 6) is -1.06. The zero-order valence-electron chi connectivity index (χ0n) is 22.1. The fourth-order valence-corrected chi connectivity index (χ4v) is 5.53. The van der Waals surface area contributed by atoms with Crippen LogP contribution in [0.2, 0.25) is 5.02 Å². The fourth-order valence-electron chi connectivity index (χ4n) is 5.40. The van der Waals surface area contributed by atoms with Crippen LogP contribution >= 0.6 is 11.6 Å². The highest BCUT2D eigenvalue weighted by Crippen LogP contribution is 2.46. The summed E-state index contributed by atoms with van der Waals surface area (Å²) in [6.45, 7) is 5.78. The summed E-state index contributed by atoms with van der Waals surface area (Å²) < 4.78 is 41.4. The maximum absolute atomic E-state index is 13.6. The molecule has 0 fully saturated rings. The summed E-state index contributed by atoms with van der Waals surface area (Å²) in [5.41, 5.74) is 2.15. The molecule has 2 aliphatic rings. The van der Waals surface area contributed by atoms with Gasteiger partial charge in [-0.25, -0.2) is 4.68 Å². The molecule has 0 saturated carbocycles. The molecule has 0 bridgehead atoms. The Labute approximate surface area is 234 Å². The highest BCUT2D eigenvalue weighted by atomic mass is 35.5. The molecule has 0 radical (unpaired) electrons. The summed E-state index contributed by atoms with van der Waals surface area (Å²) in [6, 6.07) is 12.1. The molecule has 40 heavy (non-hydrogen) atoms. The summed E-state index contributed by atoms with van der Waals surface area (Å²) in [5, 5.41) is 14.4. The van der Waals surface area contributed by atoms with Crippen molar-refractivity contribution in [1.82, 2.24) is 25.6 Å². The minimum Gasteiger partial charge on any atom is -0.362 e. The first-order chi connectivity index (χ1) is 18.8. The van der Waals surface area contributed by atoms with Crippen molar-refractivity contribution in [2.45, 2.75) is 52.3 Å². The fraction of sp³-hybridized carbons (Fsp3) is 0.310. The van der Waals surface area contributed by atoms with Gasteiger partial charge in [-0.3, -0.25) is 9.59 Å². The third kappa shape index (κ3) is 5.40. The van der Waals surface area contributed by atoms with Gasteiger partial charge in [0.2, 0.25) is 5.91 Å². The van der Waals surface area contributed by atoms with Gasteiger partial charge < -0.3 is 10.6 Å². The molecule has 1 amide bonds. The molecule has 1 aliphatic heterocycles. The summed E-state index contributed by atoms with van der Waals surface area (Å²) in [4.78, 5) is 27.0.